The topological polar surface area (TPSA) is 0 Å². The quantitative estimate of drug-likeness (QED) is 0.594. The van der Waals surface area contributed by atoms with Crippen LogP contribution >= 0.6 is 0 Å². The second-order valence-electron chi connectivity index (χ2n) is 5.39. The van der Waals surface area contributed by atoms with E-state index >= 15 is 0 Å². The molecule has 0 saturated carbocycles. The van der Waals surface area contributed by atoms with Gasteiger partial charge in [-0.05, 0) is 29.5 Å². The number of aryl methyl sites for hydroxylation is 1. The molecule has 0 nitrogen and oxygen atoms in total. The highest BCUT2D eigenvalue weighted by Crippen LogP contribution is 2.40. The van der Waals surface area contributed by atoms with Gasteiger partial charge in [-0.25, -0.2) is 0 Å². The lowest BCUT2D eigenvalue weighted by atomic mass is 9.76. The minimum Gasteiger partial charge on any atom is -0.0950 e. The van der Waals surface area contributed by atoms with Crippen LogP contribution in [-0.2, 0) is 5.41 Å². The van der Waals surface area contributed by atoms with E-state index in [9.17, 15) is 0 Å². The number of hydrogen-bond donors (Lipinski definition) is 0. The monoisotopic (exact) mass is 212 g/mol. The summed E-state index contributed by atoms with van der Waals surface area (Å²) in [5.74, 6) is 0.481. The lowest BCUT2D eigenvalue weighted by Crippen LogP contribution is -2.20. The Balaban J connectivity index is 2.71. The summed E-state index contributed by atoms with van der Waals surface area (Å²) in [6.45, 7) is 13.1. The Labute approximate surface area is 98.7 Å². The fourth-order valence-corrected chi connectivity index (χ4v) is 2.35. The molecule has 0 radical (unpaired) electrons. The normalized spacial score (nSPS) is 22.8. The predicted octanol–water partition coefficient (Wildman–Crippen LogP) is 4.50. The van der Waals surface area contributed by atoms with Gasteiger partial charge in [0.2, 0.25) is 0 Å². The summed E-state index contributed by atoms with van der Waals surface area (Å²) in [6, 6.07) is 6.78. The van der Waals surface area contributed by atoms with Crippen molar-refractivity contribution in [3.05, 3.63) is 59.2 Å². The second-order valence-corrected chi connectivity index (χ2v) is 5.39. The van der Waals surface area contributed by atoms with Gasteiger partial charge < -0.3 is 0 Å². The average molecular weight is 212 g/mol. The van der Waals surface area contributed by atoms with Crippen LogP contribution in [0, 0.1) is 6.92 Å². The maximum Gasteiger partial charge on any atom is 0.0143 e. The van der Waals surface area contributed by atoms with E-state index in [2.05, 4.69) is 64.6 Å². The Kier molecular flexibility index (Phi) is 2.53. The first kappa shape index (κ1) is 11.2. The number of hydrogen-bond acceptors (Lipinski definition) is 0. The van der Waals surface area contributed by atoms with E-state index in [1.165, 1.54) is 22.3 Å². The van der Waals surface area contributed by atoms with E-state index in [0.29, 0.717) is 5.92 Å². The van der Waals surface area contributed by atoms with Gasteiger partial charge in [-0.3, -0.25) is 0 Å². The summed E-state index contributed by atoms with van der Waals surface area (Å²) in [5.41, 5.74) is 5.43. The first-order valence-electron chi connectivity index (χ1n) is 5.91. The minimum atomic E-state index is 0.0443. The fourth-order valence-electron chi connectivity index (χ4n) is 2.35. The zero-order chi connectivity index (χ0) is 11.9. The van der Waals surface area contributed by atoms with Gasteiger partial charge in [-0.15, -0.1) is 0 Å². The van der Waals surface area contributed by atoms with Gasteiger partial charge in [-0.2, -0.15) is 0 Å². The first-order chi connectivity index (χ1) is 7.43. The van der Waals surface area contributed by atoms with Crippen molar-refractivity contribution in [2.75, 3.05) is 0 Å². The van der Waals surface area contributed by atoms with E-state index in [0.717, 1.165) is 0 Å². The average Bonchev–Trinajstić information content (AvgIpc) is 2.31. The molecule has 2 rings (SSSR count). The first-order valence-corrected chi connectivity index (χ1v) is 5.91. The van der Waals surface area contributed by atoms with Crippen LogP contribution in [-0.4, -0.2) is 0 Å². The molecule has 0 heterocycles. The van der Waals surface area contributed by atoms with Gasteiger partial charge in [-0.1, -0.05) is 63.3 Å². The Bertz CT molecular complexity index is 461. The van der Waals surface area contributed by atoms with Crippen LogP contribution in [0.15, 0.2) is 42.5 Å². The van der Waals surface area contributed by atoms with Gasteiger partial charge in [0, 0.05) is 5.41 Å². The Hall–Kier alpha value is -1.30. The molecule has 1 aromatic rings. The molecular weight excluding hydrogens is 192 g/mol. The minimum absolute atomic E-state index is 0.0443. The summed E-state index contributed by atoms with van der Waals surface area (Å²) in [7, 11) is 0. The second kappa shape index (κ2) is 3.62. The zero-order valence-corrected chi connectivity index (χ0v) is 10.7. The number of fused-ring (bicyclic) bond motifs is 1. The van der Waals surface area contributed by atoms with Crippen molar-refractivity contribution in [3.8, 4) is 0 Å². The van der Waals surface area contributed by atoms with Crippen molar-refractivity contribution >= 4 is 0 Å². The molecule has 0 saturated heterocycles. The van der Waals surface area contributed by atoms with E-state index in [4.69, 9.17) is 0 Å². The SMILES string of the molecule is C=C1C=CC(C)c2ccc(C)cc2C1(C)C. The molecule has 0 amide bonds. The molecule has 1 atom stereocenters. The molecule has 0 N–H and O–H groups in total. The summed E-state index contributed by atoms with van der Waals surface area (Å²) in [4.78, 5) is 0. The third-order valence-electron chi connectivity index (χ3n) is 3.76. The molecule has 0 aromatic heterocycles. The highest BCUT2D eigenvalue weighted by atomic mass is 14.3. The third-order valence-corrected chi connectivity index (χ3v) is 3.76. The molecule has 0 heteroatoms. The lowest BCUT2D eigenvalue weighted by molar-refractivity contribution is 0.635. The van der Waals surface area contributed by atoms with Crippen molar-refractivity contribution in [2.24, 2.45) is 0 Å². The molecule has 0 aliphatic heterocycles. The Morgan fingerprint density at radius 3 is 2.62 bits per heavy atom. The molecule has 0 spiro atoms. The summed E-state index contributed by atoms with van der Waals surface area (Å²) in [6.07, 6.45) is 4.44. The van der Waals surface area contributed by atoms with Crippen LogP contribution < -0.4 is 0 Å². The summed E-state index contributed by atoms with van der Waals surface area (Å²) < 4.78 is 0. The number of allylic oxidation sites excluding steroid dienone is 3. The van der Waals surface area contributed by atoms with Gasteiger partial charge in [0.15, 0.2) is 0 Å². The summed E-state index contributed by atoms with van der Waals surface area (Å²) >= 11 is 0. The van der Waals surface area contributed by atoms with Crippen molar-refractivity contribution in [1.29, 1.82) is 0 Å². The molecule has 16 heavy (non-hydrogen) atoms. The van der Waals surface area contributed by atoms with E-state index in [1.54, 1.807) is 0 Å². The number of rotatable bonds is 0. The highest BCUT2D eigenvalue weighted by molar-refractivity contribution is 5.49. The molecular formula is C16H20. The van der Waals surface area contributed by atoms with Gasteiger partial charge in [0.25, 0.3) is 0 Å². The van der Waals surface area contributed by atoms with Crippen molar-refractivity contribution < 1.29 is 0 Å². The summed E-state index contributed by atoms with van der Waals surface area (Å²) in [5, 5.41) is 0. The highest BCUT2D eigenvalue weighted by Gasteiger charge is 2.28. The lowest BCUT2D eigenvalue weighted by Gasteiger charge is -2.28. The van der Waals surface area contributed by atoms with Crippen molar-refractivity contribution in [1.82, 2.24) is 0 Å². The van der Waals surface area contributed by atoms with Crippen LogP contribution in [0.2, 0.25) is 0 Å². The van der Waals surface area contributed by atoms with Crippen LogP contribution in [0.5, 0.6) is 0 Å². The van der Waals surface area contributed by atoms with Gasteiger partial charge in [0.05, 0.1) is 0 Å². The van der Waals surface area contributed by atoms with Crippen LogP contribution in [0.25, 0.3) is 0 Å². The largest absolute Gasteiger partial charge is 0.0950 e. The smallest absolute Gasteiger partial charge is 0.0143 e. The van der Waals surface area contributed by atoms with Crippen LogP contribution in [0.4, 0.5) is 0 Å². The van der Waals surface area contributed by atoms with Gasteiger partial charge >= 0.3 is 0 Å². The van der Waals surface area contributed by atoms with E-state index in [1.807, 2.05) is 0 Å². The standard InChI is InChI=1S/C16H20/c1-11-6-9-14-12(2)7-8-13(3)16(4,5)15(14)10-11/h6-10,12H,3H2,1-2,4-5H3. The molecule has 1 aliphatic rings. The van der Waals surface area contributed by atoms with Crippen molar-refractivity contribution in [3.63, 3.8) is 0 Å². The maximum absolute atomic E-state index is 4.20. The Morgan fingerprint density at radius 1 is 1.25 bits per heavy atom. The molecule has 0 fully saturated rings. The molecule has 1 aromatic carbocycles. The molecule has 84 valence electrons. The Morgan fingerprint density at radius 2 is 1.94 bits per heavy atom. The van der Waals surface area contributed by atoms with Crippen LogP contribution in [0.3, 0.4) is 0 Å². The van der Waals surface area contributed by atoms with E-state index in [-0.39, 0.29) is 5.41 Å². The fraction of sp³-hybridized carbons (Fsp3) is 0.375. The molecule has 1 aliphatic carbocycles. The third kappa shape index (κ3) is 1.63. The number of benzene rings is 1. The molecule has 1 unspecified atom stereocenters. The predicted molar refractivity (Wildman–Crippen MR) is 70.9 cm³/mol. The van der Waals surface area contributed by atoms with Crippen molar-refractivity contribution in [2.45, 2.75) is 39.0 Å². The molecule has 0 bridgehead atoms. The van der Waals surface area contributed by atoms with Crippen LogP contribution in [0.1, 0.15) is 43.4 Å². The van der Waals surface area contributed by atoms with Gasteiger partial charge in [0.1, 0.15) is 0 Å². The zero-order valence-electron chi connectivity index (χ0n) is 10.7. The maximum atomic E-state index is 4.20. The van der Waals surface area contributed by atoms with E-state index < -0.39 is 0 Å².